The summed E-state index contributed by atoms with van der Waals surface area (Å²) < 4.78 is 40.8. The second-order valence-electron chi connectivity index (χ2n) is 7.87. The second-order valence-corrected chi connectivity index (χ2v) is 7.87. The van der Waals surface area contributed by atoms with Gasteiger partial charge in [0.25, 0.3) is 0 Å². The number of alkyl halides is 3. The molecule has 0 saturated heterocycles. The van der Waals surface area contributed by atoms with Gasteiger partial charge in [0.1, 0.15) is 0 Å². The van der Waals surface area contributed by atoms with Gasteiger partial charge < -0.3 is 15.0 Å². The maximum Gasteiger partial charge on any atom is 2.00 e. The summed E-state index contributed by atoms with van der Waals surface area (Å²) in [6.45, 7) is 0. The van der Waals surface area contributed by atoms with Crippen LogP contribution in [0.15, 0.2) is 119 Å². The number of hydrogen-bond acceptors (Lipinski definition) is 6. The number of carbonyl (C=O) groups is 1. The van der Waals surface area contributed by atoms with Gasteiger partial charge in [-0.15, -0.1) is 0 Å². The Labute approximate surface area is 231 Å². The van der Waals surface area contributed by atoms with E-state index < -0.39 is 34.7 Å². The normalized spacial score (nSPS) is 12.5. The fourth-order valence-electron chi connectivity index (χ4n) is 3.65. The molecule has 0 unspecified atom stereocenters. The number of rotatable bonds is 7. The molecular weight excluding hydrogens is 554 g/mol. The first kappa shape index (κ1) is 29.0. The summed E-state index contributed by atoms with van der Waals surface area (Å²) >= 11 is 0. The number of hydrogen-bond donors (Lipinski definition) is 0. The molecule has 10 heteroatoms. The van der Waals surface area contributed by atoms with E-state index in [0.717, 1.165) is 24.4 Å². The van der Waals surface area contributed by atoms with Gasteiger partial charge in [0, 0.05) is 35.0 Å². The SMILES string of the molecule is O=C([O-])/C(=C\N=C(c1ccccc1)c1ccccc1N=C([O-])c1ccccn1)c1ccccc1C(F)(F)F.[Ni+2]. The minimum atomic E-state index is -4.80. The van der Waals surface area contributed by atoms with Gasteiger partial charge in [0.15, 0.2) is 0 Å². The molecular formula is C29H18F3N3NiO3. The van der Waals surface area contributed by atoms with E-state index in [1.54, 1.807) is 66.7 Å². The molecule has 1 heterocycles. The van der Waals surface area contributed by atoms with Crippen LogP contribution in [-0.2, 0) is 27.5 Å². The third-order valence-electron chi connectivity index (χ3n) is 5.38. The van der Waals surface area contributed by atoms with E-state index in [1.807, 2.05) is 0 Å². The molecule has 0 radical (unpaired) electrons. The molecule has 0 saturated carbocycles. The Morgan fingerprint density at radius 3 is 2.05 bits per heavy atom. The van der Waals surface area contributed by atoms with Gasteiger partial charge >= 0.3 is 22.7 Å². The van der Waals surface area contributed by atoms with Crippen LogP contribution in [0.25, 0.3) is 5.57 Å². The van der Waals surface area contributed by atoms with Crippen LogP contribution in [0.3, 0.4) is 0 Å². The summed E-state index contributed by atoms with van der Waals surface area (Å²) in [5.41, 5.74) is -1.11. The molecule has 0 amide bonds. The van der Waals surface area contributed by atoms with E-state index in [4.69, 9.17) is 0 Å². The largest absolute Gasteiger partial charge is 2.00 e. The molecule has 4 rings (SSSR count). The fourth-order valence-corrected chi connectivity index (χ4v) is 3.65. The molecule has 0 aliphatic rings. The number of aliphatic imine (C=N–C) groups is 2. The van der Waals surface area contributed by atoms with E-state index in [-0.39, 0.29) is 33.6 Å². The van der Waals surface area contributed by atoms with E-state index in [9.17, 15) is 28.2 Å². The summed E-state index contributed by atoms with van der Waals surface area (Å²) in [5.74, 6) is -2.45. The minimum absolute atomic E-state index is 0. The molecule has 198 valence electrons. The van der Waals surface area contributed by atoms with Gasteiger partial charge in [-0.3, -0.25) is 15.0 Å². The molecule has 6 nitrogen and oxygen atoms in total. The Morgan fingerprint density at radius 2 is 1.41 bits per heavy atom. The van der Waals surface area contributed by atoms with Crippen LogP contribution in [0, 0.1) is 0 Å². The molecule has 39 heavy (non-hydrogen) atoms. The zero-order chi connectivity index (χ0) is 27.1. The van der Waals surface area contributed by atoms with Crippen molar-refractivity contribution in [1.29, 1.82) is 0 Å². The summed E-state index contributed by atoms with van der Waals surface area (Å²) in [6, 6.07) is 24.1. The number of aromatic nitrogens is 1. The molecule has 3 aromatic carbocycles. The number of carbonyl (C=O) groups excluding carboxylic acids is 1. The van der Waals surface area contributed by atoms with Crippen molar-refractivity contribution in [2.24, 2.45) is 9.98 Å². The average Bonchev–Trinajstić information content (AvgIpc) is 2.92. The van der Waals surface area contributed by atoms with Gasteiger partial charge in [-0.1, -0.05) is 72.8 Å². The van der Waals surface area contributed by atoms with Crippen molar-refractivity contribution >= 4 is 28.8 Å². The maximum atomic E-state index is 13.6. The molecule has 0 aliphatic carbocycles. The summed E-state index contributed by atoms with van der Waals surface area (Å²) in [6.07, 6.45) is -2.52. The van der Waals surface area contributed by atoms with Crippen LogP contribution >= 0.6 is 0 Å². The first-order chi connectivity index (χ1) is 18.3. The molecule has 0 fully saturated rings. The quantitative estimate of drug-likeness (QED) is 0.144. The number of benzene rings is 3. The topological polar surface area (TPSA) is 101 Å². The van der Waals surface area contributed by atoms with E-state index in [0.29, 0.717) is 11.1 Å². The van der Waals surface area contributed by atoms with E-state index in [2.05, 4.69) is 15.0 Å². The van der Waals surface area contributed by atoms with Crippen molar-refractivity contribution in [1.82, 2.24) is 4.98 Å². The summed E-state index contributed by atoms with van der Waals surface area (Å²) in [5, 5.41) is 24.7. The van der Waals surface area contributed by atoms with Crippen molar-refractivity contribution in [3.05, 3.63) is 137 Å². The Balaban J connectivity index is 0.00000420. The van der Waals surface area contributed by atoms with Gasteiger partial charge in [-0.05, 0) is 29.8 Å². The van der Waals surface area contributed by atoms with Gasteiger partial charge in [0.05, 0.1) is 28.6 Å². The Bertz CT molecular complexity index is 1540. The first-order valence-corrected chi connectivity index (χ1v) is 11.2. The van der Waals surface area contributed by atoms with Crippen molar-refractivity contribution in [2.45, 2.75) is 6.18 Å². The molecule has 0 aliphatic heterocycles. The van der Waals surface area contributed by atoms with Crippen molar-refractivity contribution in [3.8, 4) is 0 Å². The number of carboxylic acids is 1. The zero-order valence-electron chi connectivity index (χ0n) is 19.9. The van der Waals surface area contributed by atoms with Crippen molar-refractivity contribution in [2.75, 3.05) is 0 Å². The molecule has 4 aromatic rings. The summed E-state index contributed by atoms with van der Waals surface area (Å²) in [7, 11) is 0. The van der Waals surface area contributed by atoms with Crippen LogP contribution in [0.1, 0.15) is 27.9 Å². The fraction of sp³-hybridized carbons (Fsp3) is 0.0345. The maximum absolute atomic E-state index is 13.6. The summed E-state index contributed by atoms with van der Waals surface area (Å²) in [4.78, 5) is 24.4. The Hall–Kier alpha value is -4.56. The van der Waals surface area contributed by atoms with Crippen molar-refractivity contribution < 1.29 is 44.7 Å². The second kappa shape index (κ2) is 12.8. The number of carboxylic acid groups (broad SMARTS) is 1. The number of halogens is 3. The molecule has 0 N–H and O–H groups in total. The van der Waals surface area contributed by atoms with Crippen LogP contribution in [0.2, 0.25) is 0 Å². The third kappa shape index (κ3) is 7.06. The molecule has 0 atom stereocenters. The monoisotopic (exact) mass is 571 g/mol. The predicted molar refractivity (Wildman–Crippen MR) is 133 cm³/mol. The van der Waals surface area contributed by atoms with E-state index in [1.165, 1.54) is 18.3 Å². The number of para-hydroxylation sites is 1. The molecule has 0 spiro atoms. The van der Waals surface area contributed by atoms with Gasteiger partial charge in [-0.2, -0.15) is 13.2 Å². The van der Waals surface area contributed by atoms with Crippen molar-refractivity contribution in [3.63, 3.8) is 0 Å². The molecule has 0 bridgehead atoms. The number of aliphatic carboxylic acids is 1. The van der Waals surface area contributed by atoms with Gasteiger partial charge in [-0.25, -0.2) is 0 Å². The third-order valence-corrected chi connectivity index (χ3v) is 5.38. The van der Waals surface area contributed by atoms with Crippen LogP contribution in [-0.4, -0.2) is 22.6 Å². The Morgan fingerprint density at radius 1 is 0.795 bits per heavy atom. The first-order valence-electron chi connectivity index (χ1n) is 11.2. The van der Waals surface area contributed by atoms with Gasteiger partial charge in [0.2, 0.25) is 0 Å². The smallest absolute Gasteiger partial charge is 0.857 e. The number of nitrogens with zero attached hydrogens (tertiary/aromatic N) is 3. The van der Waals surface area contributed by atoms with E-state index >= 15 is 0 Å². The minimum Gasteiger partial charge on any atom is -0.857 e. The standard InChI is InChI=1S/C29H20F3N3O3.Ni/c30-29(31,32)23-14-6-4-12-20(23)22(28(37)38)18-34-26(19-10-2-1-3-11-19)21-13-5-7-15-24(21)35-27(36)25-16-8-9-17-33-25;/h1-18H,(H,35,36)(H,37,38);/q;+2/p-2/b22-18-,34-26?;. The average molecular weight is 572 g/mol. The molecule has 1 aromatic heterocycles. The number of pyridine rings is 1. The van der Waals surface area contributed by atoms with Crippen LogP contribution in [0.5, 0.6) is 0 Å². The Kier molecular flexibility index (Phi) is 9.52. The zero-order valence-corrected chi connectivity index (χ0v) is 20.9. The van der Waals surface area contributed by atoms with Crippen LogP contribution < -0.4 is 10.2 Å². The predicted octanol–water partition coefficient (Wildman–Crippen LogP) is 4.16. The van der Waals surface area contributed by atoms with Crippen LogP contribution in [0.4, 0.5) is 18.9 Å².